The van der Waals surface area contributed by atoms with E-state index in [0.29, 0.717) is 47.6 Å². The number of nitrogens with zero attached hydrogens (tertiary/aromatic N) is 5. The van der Waals surface area contributed by atoms with E-state index in [1.165, 1.54) is 17.1 Å². The van der Waals surface area contributed by atoms with Crippen molar-refractivity contribution >= 4 is 5.91 Å². The molecule has 0 saturated carbocycles. The van der Waals surface area contributed by atoms with Gasteiger partial charge in [-0.05, 0) is 24.3 Å². The first kappa shape index (κ1) is 19.7. The summed E-state index contributed by atoms with van der Waals surface area (Å²) >= 11 is 0. The van der Waals surface area contributed by atoms with E-state index in [1.807, 2.05) is 4.57 Å². The number of nitrogens with two attached hydrogens (primary N) is 1. The molecule has 0 aliphatic carbocycles. The number of halogens is 2. The molecule has 32 heavy (non-hydrogen) atoms. The molecular formula is C21H16F2N6O3. The second kappa shape index (κ2) is 7.76. The van der Waals surface area contributed by atoms with Gasteiger partial charge in [0.05, 0.1) is 12.1 Å². The summed E-state index contributed by atoms with van der Waals surface area (Å²) in [5, 5.41) is 4.08. The van der Waals surface area contributed by atoms with Gasteiger partial charge in [-0.3, -0.25) is 4.79 Å². The number of primary amides is 1. The zero-order chi connectivity index (χ0) is 22.2. The fraction of sp³-hybridized carbons (Fsp3) is 0.143. The van der Waals surface area contributed by atoms with Crippen LogP contribution >= 0.6 is 0 Å². The summed E-state index contributed by atoms with van der Waals surface area (Å²) in [6, 6.07) is 8.35. The van der Waals surface area contributed by atoms with E-state index < -0.39 is 17.5 Å². The molecule has 0 radical (unpaired) electrons. The van der Waals surface area contributed by atoms with Gasteiger partial charge in [0.1, 0.15) is 47.5 Å². The number of amides is 1. The molecule has 1 amide bonds. The van der Waals surface area contributed by atoms with Crippen molar-refractivity contribution in [1.82, 2.24) is 24.3 Å². The first-order valence-electron chi connectivity index (χ1n) is 9.61. The van der Waals surface area contributed by atoms with E-state index in [1.54, 1.807) is 24.4 Å². The van der Waals surface area contributed by atoms with Gasteiger partial charge in [-0.1, -0.05) is 0 Å². The Hall–Kier alpha value is -4.28. The van der Waals surface area contributed by atoms with Crippen molar-refractivity contribution in [2.24, 2.45) is 5.73 Å². The van der Waals surface area contributed by atoms with Crippen LogP contribution < -0.4 is 15.2 Å². The number of hydrogen-bond acceptors (Lipinski definition) is 6. The average molecular weight is 438 g/mol. The Balaban J connectivity index is 1.54. The molecular weight excluding hydrogens is 422 g/mol. The summed E-state index contributed by atoms with van der Waals surface area (Å²) in [7, 11) is 0. The summed E-state index contributed by atoms with van der Waals surface area (Å²) in [6.07, 6.45) is 3.05. The van der Waals surface area contributed by atoms with Crippen LogP contribution in [0.2, 0.25) is 0 Å². The second-order valence-corrected chi connectivity index (χ2v) is 7.00. The molecule has 162 valence electrons. The zero-order valence-corrected chi connectivity index (χ0v) is 16.5. The number of carbonyl (C=O) groups is 1. The van der Waals surface area contributed by atoms with Gasteiger partial charge >= 0.3 is 0 Å². The van der Waals surface area contributed by atoms with Crippen LogP contribution in [0.25, 0.3) is 28.6 Å². The molecule has 0 saturated heterocycles. The first-order chi connectivity index (χ1) is 15.5. The molecule has 0 fully saturated rings. The summed E-state index contributed by atoms with van der Waals surface area (Å²) in [6.45, 7) is 0.634. The number of aromatic nitrogens is 5. The summed E-state index contributed by atoms with van der Waals surface area (Å²) in [4.78, 5) is 19.9. The van der Waals surface area contributed by atoms with Crippen molar-refractivity contribution in [3.63, 3.8) is 0 Å². The third-order valence-corrected chi connectivity index (χ3v) is 4.86. The van der Waals surface area contributed by atoms with Crippen molar-refractivity contribution in [3.05, 3.63) is 60.6 Å². The van der Waals surface area contributed by atoms with E-state index >= 15 is 0 Å². The lowest BCUT2D eigenvalue weighted by Crippen LogP contribution is -2.20. The molecule has 4 aromatic rings. The topological polar surface area (TPSA) is 110 Å². The fourth-order valence-electron chi connectivity index (χ4n) is 3.46. The average Bonchev–Trinajstić information content (AvgIpc) is 3.36. The van der Waals surface area contributed by atoms with Crippen molar-refractivity contribution < 1.29 is 23.0 Å². The number of rotatable bonds is 5. The normalized spacial score (nSPS) is 12.4. The third kappa shape index (κ3) is 3.53. The predicted molar refractivity (Wildman–Crippen MR) is 108 cm³/mol. The molecule has 2 aromatic heterocycles. The Morgan fingerprint density at radius 2 is 2.06 bits per heavy atom. The highest BCUT2D eigenvalue weighted by atomic mass is 19.1. The molecule has 11 heteroatoms. The van der Waals surface area contributed by atoms with Crippen molar-refractivity contribution in [2.75, 3.05) is 13.2 Å². The number of benzene rings is 2. The standard InChI is InChI=1S/C21H16F2N6O3/c22-12-1-4-17(15(23)7-12)29-21(25-11-26-29)16-9-28-5-6-31-18-8-13(32-10-19(24)30)2-3-14(18)20(28)27-16/h1-4,7-9,11H,5-6,10H2,(H2,24,30). The number of hydrogen-bond donors (Lipinski definition) is 1. The van der Waals surface area contributed by atoms with Gasteiger partial charge in [-0.15, -0.1) is 0 Å². The molecule has 0 unspecified atom stereocenters. The highest BCUT2D eigenvalue weighted by Crippen LogP contribution is 2.36. The molecule has 5 rings (SSSR count). The Bertz CT molecular complexity index is 1330. The molecule has 1 aliphatic heterocycles. The quantitative estimate of drug-likeness (QED) is 0.512. The van der Waals surface area contributed by atoms with Crippen LogP contribution in [-0.2, 0) is 11.3 Å². The van der Waals surface area contributed by atoms with Crippen LogP contribution in [0, 0.1) is 11.6 Å². The summed E-state index contributed by atoms with van der Waals surface area (Å²) in [5.74, 6) is -0.133. The van der Waals surface area contributed by atoms with Gasteiger partial charge in [-0.25, -0.2) is 23.4 Å². The minimum Gasteiger partial charge on any atom is -0.491 e. The van der Waals surface area contributed by atoms with E-state index in [-0.39, 0.29) is 12.3 Å². The Morgan fingerprint density at radius 3 is 2.88 bits per heavy atom. The maximum absolute atomic E-state index is 14.3. The Labute approximate surface area is 180 Å². The monoisotopic (exact) mass is 438 g/mol. The van der Waals surface area contributed by atoms with Gasteiger partial charge in [0.15, 0.2) is 18.2 Å². The van der Waals surface area contributed by atoms with Crippen molar-refractivity contribution in [1.29, 1.82) is 0 Å². The molecule has 0 atom stereocenters. The molecule has 9 nitrogen and oxygen atoms in total. The van der Waals surface area contributed by atoms with Crippen molar-refractivity contribution in [3.8, 4) is 40.1 Å². The lowest BCUT2D eigenvalue weighted by Gasteiger charge is -2.09. The molecule has 2 N–H and O–H groups in total. The number of fused-ring (bicyclic) bond motifs is 3. The third-order valence-electron chi connectivity index (χ3n) is 4.86. The maximum atomic E-state index is 14.3. The van der Waals surface area contributed by atoms with E-state index in [4.69, 9.17) is 15.2 Å². The minimum atomic E-state index is -0.764. The SMILES string of the molecule is NC(=O)COc1ccc2c(c1)OCCn1cc(-c3ncnn3-c3ccc(F)cc3F)nc1-2. The van der Waals surface area contributed by atoms with Gasteiger partial charge in [0.2, 0.25) is 0 Å². The van der Waals surface area contributed by atoms with Gasteiger partial charge in [0.25, 0.3) is 5.91 Å². The number of ether oxygens (including phenoxy) is 2. The van der Waals surface area contributed by atoms with Crippen LogP contribution in [0.3, 0.4) is 0 Å². The molecule has 1 aliphatic rings. The van der Waals surface area contributed by atoms with Crippen molar-refractivity contribution in [2.45, 2.75) is 6.54 Å². The van der Waals surface area contributed by atoms with Gasteiger partial charge in [0, 0.05) is 18.3 Å². The van der Waals surface area contributed by atoms with Crippen LogP contribution in [0.5, 0.6) is 11.5 Å². The van der Waals surface area contributed by atoms with Crippen LogP contribution in [-0.4, -0.2) is 43.4 Å². The van der Waals surface area contributed by atoms with Gasteiger partial charge in [-0.2, -0.15) is 5.10 Å². The lowest BCUT2D eigenvalue weighted by atomic mass is 10.2. The maximum Gasteiger partial charge on any atom is 0.255 e. The summed E-state index contributed by atoms with van der Waals surface area (Å²) in [5.41, 5.74) is 6.35. The van der Waals surface area contributed by atoms with Crippen LogP contribution in [0.1, 0.15) is 0 Å². The van der Waals surface area contributed by atoms with Crippen LogP contribution in [0.4, 0.5) is 8.78 Å². The van der Waals surface area contributed by atoms with E-state index in [2.05, 4.69) is 15.1 Å². The van der Waals surface area contributed by atoms with E-state index in [0.717, 1.165) is 12.1 Å². The zero-order valence-electron chi connectivity index (χ0n) is 16.5. The molecule has 0 bridgehead atoms. The fourth-order valence-corrected chi connectivity index (χ4v) is 3.46. The summed E-state index contributed by atoms with van der Waals surface area (Å²) < 4.78 is 42.0. The Morgan fingerprint density at radius 1 is 1.19 bits per heavy atom. The lowest BCUT2D eigenvalue weighted by molar-refractivity contribution is -0.119. The molecule has 2 aromatic carbocycles. The first-order valence-corrected chi connectivity index (χ1v) is 9.61. The molecule has 3 heterocycles. The highest BCUT2D eigenvalue weighted by Gasteiger charge is 2.22. The second-order valence-electron chi connectivity index (χ2n) is 7.00. The smallest absolute Gasteiger partial charge is 0.255 e. The van der Waals surface area contributed by atoms with E-state index in [9.17, 15) is 13.6 Å². The predicted octanol–water partition coefficient (Wildman–Crippen LogP) is 2.33. The highest BCUT2D eigenvalue weighted by molar-refractivity contribution is 5.75. The van der Waals surface area contributed by atoms with Crippen LogP contribution in [0.15, 0.2) is 48.9 Å². The minimum absolute atomic E-state index is 0.0575. The number of imidazole rings is 1. The molecule has 0 spiro atoms. The largest absolute Gasteiger partial charge is 0.491 e. The number of carbonyl (C=O) groups excluding carboxylic acids is 1. The Kier molecular flexibility index (Phi) is 4.77. The van der Waals surface area contributed by atoms with Gasteiger partial charge < -0.3 is 19.8 Å².